The van der Waals surface area contributed by atoms with E-state index in [1.54, 1.807) is 74.5 Å². The number of rotatable bonds is 9. The lowest BCUT2D eigenvalue weighted by Crippen LogP contribution is -2.39. The zero-order valence-corrected chi connectivity index (χ0v) is 28.5. The van der Waals surface area contributed by atoms with Crippen LogP contribution in [-0.2, 0) is 9.53 Å². The number of nitro benzene ring substituents is 1. The molecule has 0 spiro atoms. The Hall–Kier alpha value is -4.76. The molecule has 244 valence electrons. The van der Waals surface area contributed by atoms with Gasteiger partial charge in [0.1, 0.15) is 5.75 Å². The molecule has 6 rings (SSSR count). The van der Waals surface area contributed by atoms with Crippen LogP contribution in [0.4, 0.5) is 5.69 Å². The number of aromatic nitrogens is 4. The van der Waals surface area contributed by atoms with Crippen LogP contribution >= 0.6 is 46.3 Å². The first-order chi connectivity index (χ1) is 23.1. The van der Waals surface area contributed by atoms with Gasteiger partial charge in [0.2, 0.25) is 5.16 Å². The number of thiazole rings is 1. The van der Waals surface area contributed by atoms with Crippen molar-refractivity contribution in [1.29, 1.82) is 0 Å². The maximum atomic E-state index is 14.0. The molecular formula is C32H24Cl2N6O6S2. The minimum absolute atomic E-state index is 0.145. The van der Waals surface area contributed by atoms with Gasteiger partial charge in [-0.05, 0) is 79.2 Å². The molecule has 1 atom stereocenters. The molecule has 0 saturated heterocycles. The Balaban J connectivity index is 1.38. The Morgan fingerprint density at radius 1 is 1.19 bits per heavy atom. The van der Waals surface area contributed by atoms with Crippen molar-refractivity contribution in [3.05, 3.63) is 123 Å². The second-order valence-corrected chi connectivity index (χ2v) is 13.1. The number of nitrogens with zero attached hydrogens (tertiary/aromatic N) is 5. The Labute approximate surface area is 290 Å². The van der Waals surface area contributed by atoms with E-state index in [1.807, 2.05) is 0 Å². The molecule has 1 aliphatic heterocycles. The van der Waals surface area contributed by atoms with Crippen molar-refractivity contribution >= 4 is 64.0 Å². The molecule has 48 heavy (non-hydrogen) atoms. The van der Waals surface area contributed by atoms with Crippen LogP contribution in [0.1, 0.15) is 31.0 Å². The molecule has 3 aromatic carbocycles. The minimum Gasteiger partial charge on any atom is -0.497 e. The van der Waals surface area contributed by atoms with Crippen LogP contribution in [0, 0.1) is 10.1 Å². The average Bonchev–Trinajstić information content (AvgIpc) is 3.64. The predicted octanol–water partition coefficient (Wildman–Crippen LogP) is 5.96. The summed E-state index contributed by atoms with van der Waals surface area (Å²) in [5, 5.41) is 20.2. The summed E-state index contributed by atoms with van der Waals surface area (Å²) in [5.74, 6) is 0.342. The number of fused-ring (bicyclic) bond motifs is 1. The van der Waals surface area contributed by atoms with Crippen molar-refractivity contribution in [2.45, 2.75) is 29.9 Å². The number of carbonyl (C=O) groups is 1. The van der Waals surface area contributed by atoms with E-state index in [1.165, 1.54) is 17.7 Å². The van der Waals surface area contributed by atoms with Gasteiger partial charge >= 0.3 is 5.97 Å². The molecule has 16 heteroatoms. The van der Waals surface area contributed by atoms with Crippen molar-refractivity contribution in [1.82, 2.24) is 19.7 Å². The highest BCUT2D eigenvalue weighted by Gasteiger charge is 2.33. The van der Waals surface area contributed by atoms with Crippen LogP contribution in [0.2, 0.25) is 10.0 Å². The lowest BCUT2D eigenvalue weighted by Gasteiger charge is -2.25. The number of nitrogens with one attached hydrogen (secondary N) is 1. The highest BCUT2D eigenvalue weighted by molar-refractivity contribution is 7.99. The van der Waals surface area contributed by atoms with Gasteiger partial charge in [0, 0.05) is 16.7 Å². The number of H-pyrrole nitrogens is 1. The number of methoxy groups -OCH3 is 1. The van der Waals surface area contributed by atoms with Crippen molar-refractivity contribution in [3.8, 4) is 17.1 Å². The minimum atomic E-state index is -0.834. The van der Waals surface area contributed by atoms with E-state index in [0.29, 0.717) is 53.7 Å². The highest BCUT2D eigenvalue weighted by atomic mass is 35.5. The SMILES string of the molecule is CCOC(=O)C1=C(C)N=c2s/c(=C/c3ccc(Sc4n[nH]c(-c5ccc(Cl)cc5Cl)n4)c([N+](=O)[O-])c3)c(=O)n2[C@@H]1c1cccc(OC)c1. The highest BCUT2D eigenvalue weighted by Crippen LogP contribution is 2.36. The third-order valence-electron chi connectivity index (χ3n) is 7.26. The number of esters is 1. The van der Waals surface area contributed by atoms with Crippen molar-refractivity contribution < 1.29 is 19.2 Å². The first kappa shape index (κ1) is 33.2. The van der Waals surface area contributed by atoms with Crippen molar-refractivity contribution in [3.63, 3.8) is 0 Å². The number of ether oxygens (including phenoxy) is 2. The molecule has 3 heterocycles. The van der Waals surface area contributed by atoms with E-state index < -0.39 is 22.5 Å². The second kappa shape index (κ2) is 13.8. The normalized spacial score (nSPS) is 14.4. The maximum absolute atomic E-state index is 14.0. The summed E-state index contributed by atoms with van der Waals surface area (Å²) in [7, 11) is 1.53. The van der Waals surface area contributed by atoms with Crippen molar-refractivity contribution in [2.75, 3.05) is 13.7 Å². The van der Waals surface area contributed by atoms with Crippen LogP contribution in [0.5, 0.6) is 5.75 Å². The van der Waals surface area contributed by atoms with E-state index in [0.717, 1.165) is 23.1 Å². The third-order valence-corrected chi connectivity index (χ3v) is 9.72. The van der Waals surface area contributed by atoms with Gasteiger partial charge in [0.25, 0.3) is 11.2 Å². The van der Waals surface area contributed by atoms with E-state index in [4.69, 9.17) is 32.7 Å². The fourth-order valence-electron chi connectivity index (χ4n) is 5.12. The van der Waals surface area contributed by atoms with E-state index >= 15 is 0 Å². The summed E-state index contributed by atoms with van der Waals surface area (Å²) in [4.78, 5) is 48.4. The molecule has 0 radical (unpaired) electrons. The van der Waals surface area contributed by atoms with E-state index in [2.05, 4.69) is 20.2 Å². The molecule has 0 amide bonds. The summed E-state index contributed by atoms with van der Waals surface area (Å²) in [6.45, 7) is 3.54. The van der Waals surface area contributed by atoms with Crippen LogP contribution in [0.25, 0.3) is 17.5 Å². The second-order valence-electron chi connectivity index (χ2n) is 10.3. The molecule has 5 aromatic rings. The van der Waals surface area contributed by atoms with Gasteiger partial charge in [0.15, 0.2) is 10.6 Å². The number of benzene rings is 3. The number of carbonyl (C=O) groups excluding carboxylic acids is 1. The molecule has 0 saturated carbocycles. The molecular weight excluding hydrogens is 699 g/mol. The molecule has 12 nitrogen and oxygen atoms in total. The van der Waals surface area contributed by atoms with Gasteiger partial charge in [-0.15, -0.1) is 5.10 Å². The third kappa shape index (κ3) is 6.52. The Morgan fingerprint density at radius 3 is 2.73 bits per heavy atom. The van der Waals surface area contributed by atoms with Gasteiger partial charge < -0.3 is 9.47 Å². The fourth-order valence-corrected chi connectivity index (χ4v) is 7.46. The standard InChI is InChI=1S/C32H24Cl2N6O6S2/c1-4-46-30(42)26-16(2)35-32-39(27(26)18-6-5-7-20(14-18)45-3)29(41)25(48-32)13-17-8-11-24(23(12-17)40(43)44)47-31-36-28(37-38-31)21-10-9-19(33)15-22(21)34/h5-15,27H,4H2,1-3H3,(H,36,37,38)/b25-13+/t27-/m1/s1. The molecule has 0 bridgehead atoms. The number of hydrogen-bond acceptors (Lipinski definition) is 11. The number of halogens is 2. The van der Waals surface area contributed by atoms with Crippen LogP contribution in [0.3, 0.4) is 0 Å². The number of hydrogen-bond donors (Lipinski definition) is 1. The average molecular weight is 724 g/mol. The first-order valence-corrected chi connectivity index (χ1v) is 16.6. The maximum Gasteiger partial charge on any atom is 0.338 e. The summed E-state index contributed by atoms with van der Waals surface area (Å²) in [6.07, 6.45) is 1.56. The summed E-state index contributed by atoms with van der Waals surface area (Å²) in [6, 6.07) is 15.8. The number of nitro groups is 1. The molecule has 2 aromatic heterocycles. The molecule has 0 unspecified atom stereocenters. The van der Waals surface area contributed by atoms with Gasteiger partial charge in [-0.1, -0.05) is 52.7 Å². The van der Waals surface area contributed by atoms with E-state index in [9.17, 15) is 19.7 Å². The van der Waals surface area contributed by atoms with Gasteiger partial charge in [-0.25, -0.2) is 14.8 Å². The zero-order chi connectivity index (χ0) is 34.1. The summed E-state index contributed by atoms with van der Waals surface area (Å²) in [5.41, 5.74) is 1.64. The topological polar surface area (TPSA) is 155 Å². The molecule has 0 fully saturated rings. The quantitative estimate of drug-likeness (QED) is 0.110. The Morgan fingerprint density at radius 2 is 2.00 bits per heavy atom. The van der Waals surface area contributed by atoms with Gasteiger partial charge in [0.05, 0.1) is 50.4 Å². The Bertz CT molecular complexity index is 2320. The van der Waals surface area contributed by atoms with E-state index in [-0.39, 0.29) is 27.6 Å². The summed E-state index contributed by atoms with van der Waals surface area (Å²) >= 11 is 14.4. The van der Waals surface area contributed by atoms with Crippen LogP contribution < -0.4 is 19.6 Å². The monoisotopic (exact) mass is 722 g/mol. The first-order valence-electron chi connectivity index (χ1n) is 14.3. The van der Waals surface area contributed by atoms with Crippen LogP contribution in [0.15, 0.2) is 91.8 Å². The zero-order valence-electron chi connectivity index (χ0n) is 25.4. The Kier molecular flexibility index (Phi) is 9.51. The molecule has 1 aliphatic rings. The number of aromatic amines is 1. The van der Waals surface area contributed by atoms with Gasteiger partial charge in [-0.2, -0.15) is 0 Å². The molecule has 0 aliphatic carbocycles. The van der Waals surface area contributed by atoms with Crippen LogP contribution in [-0.4, -0.2) is 44.4 Å². The smallest absolute Gasteiger partial charge is 0.338 e. The lowest BCUT2D eigenvalue weighted by atomic mass is 9.95. The summed E-state index contributed by atoms with van der Waals surface area (Å²) < 4.78 is 12.5. The predicted molar refractivity (Wildman–Crippen MR) is 182 cm³/mol. The number of allylic oxidation sites excluding steroid dienone is 1. The van der Waals surface area contributed by atoms with Gasteiger partial charge in [-0.3, -0.25) is 24.6 Å². The lowest BCUT2D eigenvalue weighted by molar-refractivity contribution is -0.387. The van der Waals surface area contributed by atoms with Crippen molar-refractivity contribution in [2.24, 2.45) is 4.99 Å². The largest absolute Gasteiger partial charge is 0.497 e. The molecule has 1 N–H and O–H groups in total. The fraction of sp³-hybridized carbons (Fsp3) is 0.156.